The zero-order valence-corrected chi connectivity index (χ0v) is 9.56. The summed E-state index contributed by atoms with van der Waals surface area (Å²) in [6.07, 6.45) is 1.66. The van der Waals surface area contributed by atoms with Gasteiger partial charge in [-0.1, -0.05) is 0 Å². The van der Waals surface area contributed by atoms with E-state index in [1.54, 1.807) is 6.92 Å². The van der Waals surface area contributed by atoms with Crippen LogP contribution in [0, 0.1) is 0 Å². The van der Waals surface area contributed by atoms with Crippen LogP contribution in [0.15, 0.2) is 0 Å². The number of nitrogens with one attached hydrogen (secondary N) is 1. The number of amides is 1. The Hall–Kier alpha value is -1.59. The van der Waals surface area contributed by atoms with Gasteiger partial charge in [0.15, 0.2) is 5.82 Å². The van der Waals surface area contributed by atoms with Crippen LogP contribution in [-0.2, 0) is 17.7 Å². The van der Waals surface area contributed by atoms with Gasteiger partial charge < -0.3 is 14.6 Å². The lowest BCUT2D eigenvalue weighted by molar-refractivity contribution is 0.148. The highest BCUT2D eigenvalue weighted by atomic mass is 16.5. The molecule has 1 unspecified atom stereocenters. The van der Waals surface area contributed by atoms with Gasteiger partial charge in [0, 0.05) is 13.0 Å². The highest BCUT2D eigenvalue weighted by Crippen LogP contribution is 2.18. The van der Waals surface area contributed by atoms with Crippen LogP contribution < -0.4 is 5.32 Å². The predicted octanol–water partition coefficient (Wildman–Crippen LogP) is 1.03. The molecular formula is C10H16N4O2. The van der Waals surface area contributed by atoms with Crippen molar-refractivity contribution in [2.24, 2.45) is 0 Å². The fourth-order valence-corrected chi connectivity index (χ4v) is 1.91. The van der Waals surface area contributed by atoms with Gasteiger partial charge in [-0.25, -0.2) is 4.79 Å². The molecule has 0 saturated heterocycles. The van der Waals surface area contributed by atoms with E-state index in [1.807, 2.05) is 6.92 Å². The van der Waals surface area contributed by atoms with Crippen molar-refractivity contribution in [2.45, 2.75) is 39.3 Å². The van der Waals surface area contributed by atoms with Crippen molar-refractivity contribution in [1.29, 1.82) is 0 Å². The molecule has 0 aromatic carbocycles. The second-order valence-electron chi connectivity index (χ2n) is 3.82. The van der Waals surface area contributed by atoms with Gasteiger partial charge in [0.25, 0.3) is 0 Å². The Morgan fingerprint density at radius 2 is 2.44 bits per heavy atom. The predicted molar refractivity (Wildman–Crippen MR) is 56.9 cm³/mol. The third-order valence-electron chi connectivity index (χ3n) is 2.64. The molecule has 1 amide bonds. The number of carbonyl (C=O) groups is 1. The van der Waals surface area contributed by atoms with E-state index in [1.165, 1.54) is 0 Å². The minimum atomic E-state index is -0.412. The summed E-state index contributed by atoms with van der Waals surface area (Å²) in [5.74, 6) is 1.81. The number of ether oxygens (including phenoxy) is 1. The van der Waals surface area contributed by atoms with Crippen LogP contribution in [-0.4, -0.2) is 27.5 Å². The van der Waals surface area contributed by atoms with Crippen LogP contribution in [0.4, 0.5) is 4.79 Å². The van der Waals surface area contributed by atoms with Crippen LogP contribution in [0.3, 0.4) is 0 Å². The molecule has 1 atom stereocenters. The summed E-state index contributed by atoms with van der Waals surface area (Å²) in [6.45, 7) is 4.97. The van der Waals surface area contributed by atoms with Crippen molar-refractivity contribution >= 4 is 6.09 Å². The third kappa shape index (κ3) is 2.00. The Morgan fingerprint density at radius 3 is 3.19 bits per heavy atom. The molecule has 1 aliphatic rings. The van der Waals surface area contributed by atoms with Crippen LogP contribution >= 0.6 is 0 Å². The van der Waals surface area contributed by atoms with E-state index in [2.05, 4.69) is 20.1 Å². The summed E-state index contributed by atoms with van der Waals surface area (Å²) in [7, 11) is 0. The first-order valence-corrected chi connectivity index (χ1v) is 5.57. The Kier molecular flexibility index (Phi) is 3.07. The lowest BCUT2D eigenvalue weighted by Gasteiger charge is -2.13. The minimum absolute atomic E-state index is 0.168. The first-order valence-electron chi connectivity index (χ1n) is 5.57. The van der Waals surface area contributed by atoms with E-state index in [4.69, 9.17) is 4.74 Å². The number of aromatic nitrogens is 3. The van der Waals surface area contributed by atoms with Crippen molar-refractivity contribution in [3.05, 3.63) is 11.6 Å². The Morgan fingerprint density at radius 1 is 1.62 bits per heavy atom. The molecule has 6 heteroatoms. The molecule has 1 aliphatic heterocycles. The SMILES string of the molecule is CCOC(=O)NC(C)c1nnc2n1CCC2. The van der Waals surface area contributed by atoms with Gasteiger partial charge in [0.05, 0.1) is 12.6 Å². The molecule has 1 aromatic heterocycles. The van der Waals surface area contributed by atoms with Crippen molar-refractivity contribution in [1.82, 2.24) is 20.1 Å². The fraction of sp³-hybridized carbons (Fsp3) is 0.700. The van der Waals surface area contributed by atoms with Gasteiger partial charge in [0.2, 0.25) is 0 Å². The molecule has 2 rings (SSSR count). The maximum atomic E-state index is 11.3. The van der Waals surface area contributed by atoms with Crippen LogP contribution in [0.5, 0.6) is 0 Å². The standard InChI is InChI=1S/C10H16N4O2/c1-3-16-10(15)11-7(2)9-13-12-8-5-4-6-14(8)9/h7H,3-6H2,1-2H3,(H,11,15). The van der Waals surface area contributed by atoms with Gasteiger partial charge in [0.1, 0.15) is 5.82 Å². The number of hydrogen-bond acceptors (Lipinski definition) is 4. The smallest absolute Gasteiger partial charge is 0.407 e. The molecule has 0 bridgehead atoms. The molecule has 6 nitrogen and oxygen atoms in total. The molecule has 1 aromatic rings. The zero-order chi connectivity index (χ0) is 11.5. The van der Waals surface area contributed by atoms with E-state index in [9.17, 15) is 4.79 Å². The number of fused-ring (bicyclic) bond motifs is 1. The van der Waals surface area contributed by atoms with Crippen LogP contribution in [0.1, 0.15) is 38.0 Å². The van der Waals surface area contributed by atoms with E-state index in [0.29, 0.717) is 6.61 Å². The van der Waals surface area contributed by atoms with Crippen LogP contribution in [0.2, 0.25) is 0 Å². The second-order valence-corrected chi connectivity index (χ2v) is 3.82. The summed E-state index contributed by atoms with van der Waals surface area (Å²) in [5.41, 5.74) is 0. The summed E-state index contributed by atoms with van der Waals surface area (Å²) < 4.78 is 6.89. The number of rotatable bonds is 3. The first-order chi connectivity index (χ1) is 7.72. The lowest BCUT2D eigenvalue weighted by Crippen LogP contribution is -2.29. The van der Waals surface area contributed by atoms with Crippen molar-refractivity contribution in [3.63, 3.8) is 0 Å². The zero-order valence-electron chi connectivity index (χ0n) is 9.56. The largest absolute Gasteiger partial charge is 0.450 e. The number of hydrogen-bond donors (Lipinski definition) is 1. The highest BCUT2D eigenvalue weighted by Gasteiger charge is 2.22. The molecule has 0 radical (unpaired) electrons. The average Bonchev–Trinajstić information content (AvgIpc) is 2.77. The van der Waals surface area contributed by atoms with E-state index in [0.717, 1.165) is 31.0 Å². The fourth-order valence-electron chi connectivity index (χ4n) is 1.91. The van der Waals surface area contributed by atoms with Gasteiger partial charge in [-0.2, -0.15) is 0 Å². The molecule has 16 heavy (non-hydrogen) atoms. The molecule has 88 valence electrons. The van der Waals surface area contributed by atoms with E-state index < -0.39 is 6.09 Å². The van der Waals surface area contributed by atoms with Crippen molar-refractivity contribution in [2.75, 3.05) is 6.61 Å². The molecule has 0 aliphatic carbocycles. The third-order valence-corrected chi connectivity index (χ3v) is 2.64. The normalized spacial score (nSPS) is 15.6. The minimum Gasteiger partial charge on any atom is -0.450 e. The first kappa shape index (κ1) is 10.9. The van der Waals surface area contributed by atoms with Crippen molar-refractivity contribution < 1.29 is 9.53 Å². The molecule has 0 spiro atoms. The van der Waals surface area contributed by atoms with Gasteiger partial charge in [-0.15, -0.1) is 10.2 Å². The molecule has 0 saturated carbocycles. The number of alkyl carbamates (subject to hydrolysis) is 1. The summed E-state index contributed by atoms with van der Waals surface area (Å²) >= 11 is 0. The quantitative estimate of drug-likeness (QED) is 0.832. The Labute approximate surface area is 94.0 Å². The maximum Gasteiger partial charge on any atom is 0.407 e. The summed E-state index contributed by atoms with van der Waals surface area (Å²) in [6, 6.07) is -0.168. The second kappa shape index (κ2) is 4.51. The van der Waals surface area contributed by atoms with Gasteiger partial charge in [-0.3, -0.25) is 0 Å². The number of nitrogens with zero attached hydrogens (tertiary/aromatic N) is 3. The Bertz CT molecular complexity index is 388. The van der Waals surface area contributed by atoms with Crippen LogP contribution in [0.25, 0.3) is 0 Å². The highest BCUT2D eigenvalue weighted by molar-refractivity contribution is 5.67. The number of aryl methyl sites for hydroxylation is 1. The van der Waals surface area contributed by atoms with E-state index in [-0.39, 0.29) is 6.04 Å². The lowest BCUT2D eigenvalue weighted by atomic mass is 10.3. The van der Waals surface area contributed by atoms with E-state index >= 15 is 0 Å². The molecule has 0 fully saturated rings. The topological polar surface area (TPSA) is 69.0 Å². The molecular weight excluding hydrogens is 208 g/mol. The Balaban J connectivity index is 2.03. The molecule has 2 heterocycles. The summed E-state index contributed by atoms with van der Waals surface area (Å²) in [4.78, 5) is 11.3. The summed E-state index contributed by atoms with van der Waals surface area (Å²) in [5, 5.41) is 10.9. The maximum absolute atomic E-state index is 11.3. The average molecular weight is 224 g/mol. The van der Waals surface area contributed by atoms with Gasteiger partial charge in [-0.05, 0) is 20.3 Å². The van der Waals surface area contributed by atoms with Gasteiger partial charge >= 0.3 is 6.09 Å². The monoisotopic (exact) mass is 224 g/mol. The van der Waals surface area contributed by atoms with Crippen molar-refractivity contribution in [3.8, 4) is 0 Å². The molecule has 1 N–H and O–H groups in total. The number of carbonyl (C=O) groups excluding carboxylic acids is 1.